The van der Waals surface area contributed by atoms with Gasteiger partial charge in [0.1, 0.15) is 0 Å². The molecule has 2 aliphatic rings. The third kappa shape index (κ3) is 1.18. The molecular weight excluding hydrogens is 174 g/mol. The van der Waals surface area contributed by atoms with Crippen molar-refractivity contribution >= 4 is 0 Å². The van der Waals surface area contributed by atoms with Crippen molar-refractivity contribution in [3.63, 3.8) is 0 Å². The van der Waals surface area contributed by atoms with Gasteiger partial charge in [0.05, 0.1) is 18.2 Å². The summed E-state index contributed by atoms with van der Waals surface area (Å²) in [5.74, 6) is 0. The van der Waals surface area contributed by atoms with Crippen molar-refractivity contribution in [2.45, 2.75) is 31.6 Å². The predicted molar refractivity (Wildman–Crippen MR) is 55.2 cm³/mol. The number of benzene rings is 1. The Bertz CT molecular complexity index is 350. The first-order valence-corrected chi connectivity index (χ1v) is 5.31. The number of fused-ring (bicyclic) bond motifs is 3. The van der Waals surface area contributed by atoms with E-state index in [9.17, 15) is 0 Å². The quantitative estimate of drug-likeness (QED) is 0.670. The smallest absolute Gasteiger partial charge is 0.0814 e. The number of nitrogens with one attached hydrogen (secondary N) is 1. The fourth-order valence-electron chi connectivity index (χ4n) is 2.57. The lowest BCUT2D eigenvalue weighted by atomic mass is 10.1. The standard InChI is InChI=1S/C12H15NO/c1-8-7-13-12-10-5-3-2-4-9(10)6-11(12)14-8/h2-5,8,11-13H,6-7H2,1H3/t8?,11?,12-/m0/s1. The first kappa shape index (κ1) is 8.45. The van der Waals surface area contributed by atoms with E-state index in [1.807, 2.05) is 0 Å². The van der Waals surface area contributed by atoms with Crippen LogP contribution in [-0.2, 0) is 11.2 Å². The molecule has 0 radical (unpaired) electrons. The van der Waals surface area contributed by atoms with E-state index in [0.29, 0.717) is 18.2 Å². The van der Waals surface area contributed by atoms with Crippen LogP contribution in [0.3, 0.4) is 0 Å². The molecule has 1 aliphatic carbocycles. The molecule has 1 aliphatic heterocycles. The molecule has 1 N–H and O–H groups in total. The third-order valence-corrected chi connectivity index (χ3v) is 3.22. The van der Waals surface area contributed by atoms with Crippen LogP contribution in [0.2, 0.25) is 0 Å². The molecule has 3 atom stereocenters. The van der Waals surface area contributed by atoms with E-state index in [4.69, 9.17) is 4.74 Å². The van der Waals surface area contributed by atoms with Gasteiger partial charge in [0.15, 0.2) is 0 Å². The highest BCUT2D eigenvalue weighted by atomic mass is 16.5. The van der Waals surface area contributed by atoms with Gasteiger partial charge in [-0.2, -0.15) is 0 Å². The van der Waals surface area contributed by atoms with Crippen LogP contribution in [0.1, 0.15) is 24.1 Å². The Morgan fingerprint density at radius 3 is 3.14 bits per heavy atom. The molecule has 2 unspecified atom stereocenters. The molecular formula is C12H15NO. The summed E-state index contributed by atoms with van der Waals surface area (Å²) in [6, 6.07) is 9.08. The minimum absolute atomic E-state index is 0.352. The second kappa shape index (κ2) is 3.07. The van der Waals surface area contributed by atoms with E-state index in [0.717, 1.165) is 13.0 Å². The molecule has 0 aromatic heterocycles. The van der Waals surface area contributed by atoms with Gasteiger partial charge in [-0.25, -0.2) is 0 Å². The van der Waals surface area contributed by atoms with Crippen LogP contribution >= 0.6 is 0 Å². The zero-order chi connectivity index (χ0) is 9.54. The number of rotatable bonds is 0. The minimum Gasteiger partial charge on any atom is -0.372 e. The lowest BCUT2D eigenvalue weighted by Gasteiger charge is -2.32. The van der Waals surface area contributed by atoms with Gasteiger partial charge < -0.3 is 10.1 Å². The number of hydrogen-bond donors (Lipinski definition) is 1. The Hall–Kier alpha value is -0.860. The van der Waals surface area contributed by atoms with Crippen LogP contribution in [0.15, 0.2) is 24.3 Å². The summed E-state index contributed by atoms with van der Waals surface area (Å²) >= 11 is 0. The molecule has 74 valence electrons. The fraction of sp³-hybridized carbons (Fsp3) is 0.500. The molecule has 14 heavy (non-hydrogen) atoms. The molecule has 0 spiro atoms. The molecule has 0 bridgehead atoms. The fourth-order valence-corrected chi connectivity index (χ4v) is 2.57. The first-order chi connectivity index (χ1) is 6.84. The van der Waals surface area contributed by atoms with Gasteiger partial charge in [-0.15, -0.1) is 0 Å². The van der Waals surface area contributed by atoms with E-state index >= 15 is 0 Å². The Balaban J connectivity index is 1.94. The maximum Gasteiger partial charge on any atom is 0.0814 e. The highest BCUT2D eigenvalue weighted by molar-refractivity contribution is 5.36. The van der Waals surface area contributed by atoms with Crippen LogP contribution in [0.4, 0.5) is 0 Å². The van der Waals surface area contributed by atoms with Crippen molar-refractivity contribution in [2.75, 3.05) is 6.54 Å². The van der Waals surface area contributed by atoms with E-state index in [1.54, 1.807) is 0 Å². The maximum atomic E-state index is 5.93. The molecule has 2 heteroatoms. The van der Waals surface area contributed by atoms with E-state index in [2.05, 4.69) is 36.5 Å². The van der Waals surface area contributed by atoms with Crippen molar-refractivity contribution in [1.29, 1.82) is 0 Å². The normalized spacial score (nSPS) is 35.1. The Kier molecular flexibility index (Phi) is 1.85. The SMILES string of the molecule is CC1CN[C@H]2c3ccccc3CC2O1. The van der Waals surface area contributed by atoms with Crippen molar-refractivity contribution in [1.82, 2.24) is 5.32 Å². The zero-order valence-corrected chi connectivity index (χ0v) is 8.36. The summed E-state index contributed by atoms with van der Waals surface area (Å²) in [6.45, 7) is 3.10. The van der Waals surface area contributed by atoms with Crippen molar-refractivity contribution in [2.24, 2.45) is 0 Å². The number of hydrogen-bond acceptors (Lipinski definition) is 2. The average Bonchev–Trinajstić information content (AvgIpc) is 2.54. The molecule has 3 rings (SSSR count). The van der Waals surface area contributed by atoms with Gasteiger partial charge >= 0.3 is 0 Å². The minimum atomic E-state index is 0.352. The zero-order valence-electron chi connectivity index (χ0n) is 8.36. The van der Waals surface area contributed by atoms with Crippen LogP contribution in [-0.4, -0.2) is 18.8 Å². The Morgan fingerprint density at radius 1 is 1.36 bits per heavy atom. The van der Waals surface area contributed by atoms with Gasteiger partial charge in [-0.3, -0.25) is 0 Å². The highest BCUT2D eigenvalue weighted by Crippen LogP contribution is 2.35. The van der Waals surface area contributed by atoms with Crippen LogP contribution in [0.25, 0.3) is 0 Å². The topological polar surface area (TPSA) is 21.3 Å². The van der Waals surface area contributed by atoms with E-state index < -0.39 is 0 Å². The van der Waals surface area contributed by atoms with Crippen molar-refractivity contribution in [3.05, 3.63) is 35.4 Å². The van der Waals surface area contributed by atoms with Gasteiger partial charge in [0.2, 0.25) is 0 Å². The Labute approximate surface area is 84.3 Å². The van der Waals surface area contributed by atoms with Crippen LogP contribution < -0.4 is 5.32 Å². The molecule has 1 fully saturated rings. The number of morpholine rings is 1. The molecule has 1 heterocycles. The summed E-state index contributed by atoms with van der Waals surface area (Å²) in [5.41, 5.74) is 2.88. The molecule has 1 saturated heterocycles. The molecule has 2 nitrogen and oxygen atoms in total. The Morgan fingerprint density at radius 2 is 2.21 bits per heavy atom. The van der Waals surface area contributed by atoms with Gasteiger partial charge in [-0.05, 0) is 18.1 Å². The van der Waals surface area contributed by atoms with Gasteiger partial charge in [0, 0.05) is 13.0 Å². The van der Waals surface area contributed by atoms with Gasteiger partial charge in [-0.1, -0.05) is 24.3 Å². The summed E-state index contributed by atoms with van der Waals surface area (Å²) in [4.78, 5) is 0. The predicted octanol–water partition coefficient (Wildman–Crippen LogP) is 1.66. The summed E-state index contributed by atoms with van der Waals surface area (Å²) in [5, 5.41) is 3.56. The van der Waals surface area contributed by atoms with Crippen molar-refractivity contribution < 1.29 is 4.74 Å². The van der Waals surface area contributed by atoms with Gasteiger partial charge in [0.25, 0.3) is 0 Å². The summed E-state index contributed by atoms with van der Waals surface area (Å²) < 4.78 is 5.93. The van der Waals surface area contributed by atoms with E-state index in [-0.39, 0.29) is 0 Å². The second-order valence-electron chi connectivity index (χ2n) is 4.27. The highest BCUT2D eigenvalue weighted by Gasteiger charge is 2.36. The maximum absolute atomic E-state index is 5.93. The van der Waals surface area contributed by atoms with Crippen LogP contribution in [0.5, 0.6) is 0 Å². The largest absolute Gasteiger partial charge is 0.372 e. The second-order valence-corrected chi connectivity index (χ2v) is 4.27. The van der Waals surface area contributed by atoms with Crippen molar-refractivity contribution in [3.8, 4) is 0 Å². The molecule has 0 saturated carbocycles. The molecule has 0 amide bonds. The summed E-state index contributed by atoms with van der Waals surface area (Å²) in [6.07, 6.45) is 1.78. The number of ether oxygens (including phenoxy) is 1. The average molecular weight is 189 g/mol. The molecule has 1 aromatic carbocycles. The third-order valence-electron chi connectivity index (χ3n) is 3.22. The molecule has 1 aromatic rings. The summed E-state index contributed by atoms with van der Waals surface area (Å²) in [7, 11) is 0. The first-order valence-electron chi connectivity index (χ1n) is 5.31. The van der Waals surface area contributed by atoms with Crippen LogP contribution in [0, 0.1) is 0 Å². The lowest BCUT2D eigenvalue weighted by Crippen LogP contribution is -2.44. The van der Waals surface area contributed by atoms with E-state index in [1.165, 1.54) is 11.1 Å². The lowest BCUT2D eigenvalue weighted by molar-refractivity contribution is -0.0468. The monoisotopic (exact) mass is 189 g/mol.